The van der Waals surface area contributed by atoms with Crippen LogP contribution in [0.4, 0.5) is 0 Å². The van der Waals surface area contributed by atoms with Gasteiger partial charge in [-0.25, -0.2) is 4.98 Å². The molecular weight excluding hydrogens is 324 g/mol. The molecule has 1 unspecified atom stereocenters. The molecule has 1 saturated heterocycles. The molecule has 3 aromatic heterocycles. The second-order valence-corrected chi connectivity index (χ2v) is 6.78. The van der Waals surface area contributed by atoms with Gasteiger partial charge >= 0.3 is 0 Å². The minimum Gasteiger partial charge on any atom is -0.462 e. The standard InChI is InChI=1S/C17H18N4O2S/c22-16(10-13-12-24-17(19-13)15-5-2-9-23-15)20-7-1-4-14(11-20)21-8-3-6-18-21/h2-3,5-6,8-9,12,14H,1,4,7,10-11H2. The Labute approximate surface area is 143 Å². The third-order valence-corrected chi connectivity index (χ3v) is 5.17. The van der Waals surface area contributed by atoms with Crippen LogP contribution in [0.15, 0.2) is 46.7 Å². The van der Waals surface area contributed by atoms with Crippen LogP contribution in [0.25, 0.3) is 10.8 Å². The summed E-state index contributed by atoms with van der Waals surface area (Å²) < 4.78 is 7.31. The van der Waals surface area contributed by atoms with E-state index in [0.29, 0.717) is 6.42 Å². The molecule has 1 aliphatic rings. The summed E-state index contributed by atoms with van der Waals surface area (Å²) in [6.07, 6.45) is 7.78. The fraction of sp³-hybridized carbons (Fsp3) is 0.353. The molecule has 4 rings (SSSR count). The average molecular weight is 342 g/mol. The topological polar surface area (TPSA) is 64.2 Å². The van der Waals surface area contributed by atoms with Crippen LogP contribution in [0.2, 0.25) is 0 Å². The van der Waals surface area contributed by atoms with Gasteiger partial charge in [0.15, 0.2) is 10.8 Å². The van der Waals surface area contributed by atoms with E-state index in [4.69, 9.17) is 4.42 Å². The first-order valence-electron chi connectivity index (χ1n) is 8.05. The Balaban J connectivity index is 1.41. The lowest BCUT2D eigenvalue weighted by molar-refractivity contribution is -0.132. The van der Waals surface area contributed by atoms with Crippen LogP contribution in [0, 0.1) is 0 Å². The Bertz CT molecular complexity index is 795. The van der Waals surface area contributed by atoms with Crippen molar-refractivity contribution in [1.82, 2.24) is 19.7 Å². The molecule has 0 spiro atoms. The fourth-order valence-electron chi connectivity index (χ4n) is 3.06. The molecule has 1 aliphatic heterocycles. The predicted molar refractivity (Wildman–Crippen MR) is 90.6 cm³/mol. The number of likely N-dealkylation sites (tertiary alicyclic amines) is 1. The van der Waals surface area contributed by atoms with Crippen LogP contribution in [0.3, 0.4) is 0 Å². The molecule has 0 aromatic carbocycles. The van der Waals surface area contributed by atoms with E-state index in [1.54, 1.807) is 12.5 Å². The number of piperidine rings is 1. The van der Waals surface area contributed by atoms with E-state index in [1.807, 2.05) is 39.4 Å². The molecule has 0 N–H and O–H groups in total. The van der Waals surface area contributed by atoms with Gasteiger partial charge in [-0.2, -0.15) is 5.10 Å². The van der Waals surface area contributed by atoms with E-state index in [1.165, 1.54) is 11.3 Å². The molecule has 7 heteroatoms. The number of furan rings is 1. The first-order chi connectivity index (χ1) is 11.8. The Kier molecular flexibility index (Phi) is 4.17. The predicted octanol–water partition coefficient (Wildman–Crippen LogP) is 3.01. The molecule has 24 heavy (non-hydrogen) atoms. The average Bonchev–Trinajstić information content (AvgIpc) is 3.36. The smallest absolute Gasteiger partial charge is 0.228 e. The zero-order valence-corrected chi connectivity index (χ0v) is 14.0. The number of rotatable bonds is 4. The zero-order valence-electron chi connectivity index (χ0n) is 13.2. The molecule has 3 aromatic rings. The Morgan fingerprint density at radius 2 is 2.38 bits per heavy atom. The van der Waals surface area contributed by atoms with Crippen molar-refractivity contribution in [2.75, 3.05) is 13.1 Å². The number of aromatic nitrogens is 3. The summed E-state index contributed by atoms with van der Waals surface area (Å²) in [4.78, 5) is 19.1. The van der Waals surface area contributed by atoms with Gasteiger partial charge in [0, 0.05) is 30.9 Å². The fourth-order valence-corrected chi connectivity index (χ4v) is 3.85. The highest BCUT2D eigenvalue weighted by Gasteiger charge is 2.25. The van der Waals surface area contributed by atoms with Crippen molar-refractivity contribution >= 4 is 17.2 Å². The highest BCUT2D eigenvalue weighted by Crippen LogP contribution is 2.25. The van der Waals surface area contributed by atoms with Gasteiger partial charge < -0.3 is 9.32 Å². The van der Waals surface area contributed by atoms with Crippen molar-refractivity contribution in [3.8, 4) is 10.8 Å². The summed E-state index contributed by atoms with van der Waals surface area (Å²) in [5.74, 6) is 0.874. The number of thiazole rings is 1. The number of nitrogens with zero attached hydrogens (tertiary/aromatic N) is 4. The Morgan fingerprint density at radius 1 is 1.42 bits per heavy atom. The quantitative estimate of drug-likeness (QED) is 0.731. The van der Waals surface area contributed by atoms with Crippen molar-refractivity contribution in [2.24, 2.45) is 0 Å². The van der Waals surface area contributed by atoms with Crippen LogP contribution >= 0.6 is 11.3 Å². The lowest BCUT2D eigenvalue weighted by Gasteiger charge is -2.32. The Morgan fingerprint density at radius 3 is 3.17 bits per heavy atom. The van der Waals surface area contributed by atoms with Crippen molar-refractivity contribution in [3.63, 3.8) is 0 Å². The number of carbonyl (C=O) groups is 1. The van der Waals surface area contributed by atoms with Gasteiger partial charge in [-0.3, -0.25) is 9.48 Å². The van der Waals surface area contributed by atoms with Crippen LogP contribution in [-0.2, 0) is 11.2 Å². The summed E-state index contributed by atoms with van der Waals surface area (Å²) >= 11 is 1.50. The van der Waals surface area contributed by atoms with Crippen LogP contribution in [0.1, 0.15) is 24.6 Å². The van der Waals surface area contributed by atoms with E-state index in [0.717, 1.165) is 42.4 Å². The van der Waals surface area contributed by atoms with E-state index in [-0.39, 0.29) is 11.9 Å². The van der Waals surface area contributed by atoms with Gasteiger partial charge in [-0.15, -0.1) is 11.3 Å². The molecule has 0 saturated carbocycles. The van der Waals surface area contributed by atoms with Crippen LogP contribution in [-0.4, -0.2) is 38.7 Å². The molecule has 4 heterocycles. The first kappa shape index (κ1) is 15.1. The number of hydrogen-bond acceptors (Lipinski definition) is 5. The third kappa shape index (κ3) is 3.12. The van der Waals surface area contributed by atoms with E-state index >= 15 is 0 Å². The van der Waals surface area contributed by atoms with Gasteiger partial charge in [0.25, 0.3) is 0 Å². The second kappa shape index (κ2) is 6.60. The lowest BCUT2D eigenvalue weighted by Crippen LogP contribution is -2.41. The normalized spacial score (nSPS) is 18.0. The molecule has 1 amide bonds. The van der Waals surface area contributed by atoms with Gasteiger partial charge in [0.1, 0.15) is 0 Å². The summed E-state index contributed by atoms with van der Waals surface area (Å²) in [6.45, 7) is 1.53. The van der Waals surface area contributed by atoms with Crippen molar-refractivity contribution < 1.29 is 9.21 Å². The largest absolute Gasteiger partial charge is 0.462 e. The molecule has 0 radical (unpaired) electrons. The Hall–Kier alpha value is -2.41. The van der Waals surface area contributed by atoms with E-state index in [2.05, 4.69) is 10.1 Å². The van der Waals surface area contributed by atoms with Crippen molar-refractivity contribution in [3.05, 3.63) is 47.9 Å². The van der Waals surface area contributed by atoms with Gasteiger partial charge in [-0.05, 0) is 31.0 Å². The number of amides is 1. The van der Waals surface area contributed by atoms with E-state index in [9.17, 15) is 4.79 Å². The molecule has 6 nitrogen and oxygen atoms in total. The first-order valence-corrected chi connectivity index (χ1v) is 8.93. The number of carbonyl (C=O) groups excluding carboxylic acids is 1. The zero-order chi connectivity index (χ0) is 16.4. The summed E-state index contributed by atoms with van der Waals surface area (Å²) in [5.41, 5.74) is 0.803. The minimum atomic E-state index is 0.128. The van der Waals surface area contributed by atoms with Gasteiger partial charge in [0.05, 0.1) is 24.4 Å². The third-order valence-electron chi connectivity index (χ3n) is 4.26. The number of hydrogen-bond donors (Lipinski definition) is 0. The maximum absolute atomic E-state index is 12.6. The molecule has 1 atom stereocenters. The lowest BCUT2D eigenvalue weighted by atomic mass is 10.1. The van der Waals surface area contributed by atoms with Crippen molar-refractivity contribution in [1.29, 1.82) is 0 Å². The maximum Gasteiger partial charge on any atom is 0.228 e. The maximum atomic E-state index is 12.6. The minimum absolute atomic E-state index is 0.128. The van der Waals surface area contributed by atoms with Gasteiger partial charge in [0.2, 0.25) is 5.91 Å². The highest BCUT2D eigenvalue weighted by molar-refractivity contribution is 7.13. The molecule has 0 bridgehead atoms. The van der Waals surface area contributed by atoms with E-state index < -0.39 is 0 Å². The summed E-state index contributed by atoms with van der Waals surface area (Å²) in [6, 6.07) is 5.91. The second-order valence-electron chi connectivity index (χ2n) is 5.92. The summed E-state index contributed by atoms with van der Waals surface area (Å²) in [5, 5.41) is 7.06. The van der Waals surface area contributed by atoms with Crippen LogP contribution in [0.5, 0.6) is 0 Å². The monoisotopic (exact) mass is 342 g/mol. The van der Waals surface area contributed by atoms with Crippen molar-refractivity contribution in [2.45, 2.75) is 25.3 Å². The molecule has 1 fully saturated rings. The van der Waals surface area contributed by atoms with Gasteiger partial charge in [-0.1, -0.05) is 0 Å². The molecule has 0 aliphatic carbocycles. The molecular formula is C17H18N4O2S. The highest BCUT2D eigenvalue weighted by atomic mass is 32.1. The SMILES string of the molecule is O=C(Cc1csc(-c2ccco2)n1)N1CCCC(n2cccn2)C1. The van der Waals surface area contributed by atoms with Crippen LogP contribution < -0.4 is 0 Å². The summed E-state index contributed by atoms with van der Waals surface area (Å²) in [7, 11) is 0. The molecule has 124 valence electrons.